The van der Waals surface area contributed by atoms with Gasteiger partial charge in [0.15, 0.2) is 0 Å². The van der Waals surface area contributed by atoms with Crippen LogP contribution in [-0.2, 0) is 0 Å². The van der Waals surface area contributed by atoms with E-state index in [9.17, 15) is 17.3 Å². The fraction of sp³-hybridized carbons (Fsp3) is 0.0417. The van der Waals surface area contributed by atoms with Crippen LogP contribution in [0.1, 0.15) is 0 Å². The third kappa shape index (κ3) is 6.93. The minimum Gasteiger partial charge on any atom is -0.497 e. The van der Waals surface area contributed by atoms with Gasteiger partial charge in [-0.15, -0.1) is 0 Å². The van der Waals surface area contributed by atoms with E-state index >= 15 is 0 Å². The topological polar surface area (TPSA) is 9.23 Å². The molecule has 0 bridgehead atoms. The van der Waals surface area contributed by atoms with Crippen LogP contribution < -0.4 is 4.74 Å². The first-order valence-corrected chi connectivity index (χ1v) is 10.3. The van der Waals surface area contributed by atoms with Gasteiger partial charge in [0.2, 0.25) is 21.1 Å². The molecule has 7 heteroatoms. The maximum atomic E-state index is 9.75. The van der Waals surface area contributed by atoms with E-state index in [4.69, 9.17) is 4.74 Å². The van der Waals surface area contributed by atoms with E-state index in [0.29, 0.717) is 0 Å². The summed E-state index contributed by atoms with van der Waals surface area (Å²) in [5.74, 6) is 0.876. The molecule has 0 aliphatic carbocycles. The molecule has 1 nitrogen and oxygen atoms in total. The number of halogens is 4. The molecule has 0 atom stereocenters. The molecule has 1 heterocycles. The van der Waals surface area contributed by atoms with Crippen molar-refractivity contribution in [2.75, 3.05) is 7.11 Å². The van der Waals surface area contributed by atoms with Gasteiger partial charge in [0.1, 0.15) is 5.75 Å². The van der Waals surface area contributed by atoms with Gasteiger partial charge in [-0.3, -0.25) is 0 Å². The highest BCUT2D eigenvalue weighted by molar-refractivity contribution is 7.18. The SMILES string of the molecule is COc1ccc(-c2cc(-c3ccccc3)cc(-c3ccccc3)[s+]2)cc1.F[B-](F)(F)F. The number of rotatable bonds is 4. The molecule has 0 spiro atoms. The van der Waals surface area contributed by atoms with Crippen molar-refractivity contribution in [3.05, 3.63) is 97.1 Å². The van der Waals surface area contributed by atoms with Crippen molar-refractivity contribution >= 4 is 18.6 Å². The molecule has 4 aromatic rings. The second-order valence-corrected chi connectivity index (χ2v) is 7.61. The zero-order valence-corrected chi connectivity index (χ0v) is 17.5. The Hall–Kier alpha value is -3.19. The van der Waals surface area contributed by atoms with Crippen molar-refractivity contribution in [1.29, 1.82) is 0 Å². The lowest BCUT2D eigenvalue weighted by molar-refractivity contribution is 0.368. The highest BCUT2D eigenvalue weighted by atomic mass is 32.1. The van der Waals surface area contributed by atoms with Gasteiger partial charge in [-0.2, -0.15) is 0 Å². The number of hydrogen-bond acceptors (Lipinski definition) is 1. The first-order chi connectivity index (χ1) is 14.8. The van der Waals surface area contributed by atoms with Crippen LogP contribution in [0.4, 0.5) is 17.3 Å². The van der Waals surface area contributed by atoms with Crippen molar-refractivity contribution in [2.45, 2.75) is 0 Å². The number of hydrogen-bond donors (Lipinski definition) is 0. The van der Waals surface area contributed by atoms with E-state index in [1.165, 1.54) is 32.0 Å². The van der Waals surface area contributed by atoms with E-state index < -0.39 is 7.25 Å². The van der Waals surface area contributed by atoms with E-state index in [-0.39, 0.29) is 0 Å². The fourth-order valence-electron chi connectivity index (χ4n) is 2.94. The molecule has 158 valence electrons. The maximum Gasteiger partial charge on any atom is 0.673 e. The molecule has 3 aromatic carbocycles. The normalized spacial score (nSPS) is 10.7. The van der Waals surface area contributed by atoms with Crippen LogP contribution in [-0.4, -0.2) is 14.4 Å². The van der Waals surface area contributed by atoms with Gasteiger partial charge in [0, 0.05) is 23.3 Å². The average Bonchev–Trinajstić information content (AvgIpc) is 2.79. The molecule has 0 unspecified atom stereocenters. The van der Waals surface area contributed by atoms with E-state index in [1.54, 1.807) is 7.11 Å². The third-order valence-corrected chi connectivity index (χ3v) is 5.48. The van der Waals surface area contributed by atoms with Crippen molar-refractivity contribution in [3.63, 3.8) is 0 Å². The summed E-state index contributed by atoms with van der Waals surface area (Å²) in [6.07, 6.45) is 0. The Morgan fingerprint density at radius 3 is 1.45 bits per heavy atom. The lowest BCUT2D eigenvalue weighted by atomic mass is 10.0. The van der Waals surface area contributed by atoms with Gasteiger partial charge >= 0.3 is 7.25 Å². The minimum absolute atomic E-state index is 0.876. The van der Waals surface area contributed by atoms with Crippen LogP contribution in [0, 0.1) is 0 Å². The molecule has 1 aromatic heterocycles. The highest BCUT2D eigenvalue weighted by Gasteiger charge is 2.21. The second kappa shape index (κ2) is 10.2. The molecular weight excluding hydrogens is 423 g/mol. The van der Waals surface area contributed by atoms with Crippen LogP contribution in [0.25, 0.3) is 32.0 Å². The summed E-state index contributed by atoms with van der Waals surface area (Å²) in [4.78, 5) is 2.51. The van der Waals surface area contributed by atoms with Gasteiger partial charge in [-0.25, -0.2) is 0 Å². The van der Waals surface area contributed by atoms with Gasteiger partial charge in [0.25, 0.3) is 0 Å². The zero-order valence-electron chi connectivity index (χ0n) is 16.6. The monoisotopic (exact) mass is 442 g/mol. The molecular formula is C24H19BF4OS. The van der Waals surface area contributed by atoms with Gasteiger partial charge in [-0.05, 0) is 47.5 Å². The predicted octanol–water partition coefficient (Wildman–Crippen LogP) is 8.34. The molecule has 0 aliphatic heterocycles. The minimum atomic E-state index is -6.00. The van der Waals surface area contributed by atoms with Gasteiger partial charge in [0.05, 0.1) is 7.11 Å². The lowest BCUT2D eigenvalue weighted by Gasteiger charge is -2.04. The summed E-state index contributed by atoms with van der Waals surface area (Å²) in [6, 6.07) is 33.9. The molecule has 0 saturated carbocycles. The van der Waals surface area contributed by atoms with E-state index in [0.717, 1.165) is 5.75 Å². The average molecular weight is 442 g/mol. The van der Waals surface area contributed by atoms with Crippen LogP contribution in [0.2, 0.25) is 0 Å². The summed E-state index contributed by atoms with van der Waals surface area (Å²) in [6.45, 7) is 0. The Morgan fingerprint density at radius 1 is 0.581 bits per heavy atom. The first-order valence-electron chi connectivity index (χ1n) is 9.44. The Kier molecular flexibility index (Phi) is 7.42. The van der Waals surface area contributed by atoms with Gasteiger partial charge < -0.3 is 22.0 Å². The fourth-order valence-corrected chi connectivity index (χ4v) is 4.06. The summed E-state index contributed by atoms with van der Waals surface area (Å²) in [7, 11) is -4.30. The van der Waals surface area contributed by atoms with Gasteiger partial charge in [-0.1, -0.05) is 48.5 Å². The largest absolute Gasteiger partial charge is 0.673 e. The Balaban J connectivity index is 0.000000491. The summed E-state index contributed by atoms with van der Waals surface area (Å²) in [5.41, 5.74) is 4.90. The molecule has 0 N–H and O–H groups in total. The molecule has 0 saturated heterocycles. The van der Waals surface area contributed by atoms with Crippen LogP contribution >= 0.6 is 11.3 Å². The van der Waals surface area contributed by atoms with E-state index in [1.807, 2.05) is 23.5 Å². The van der Waals surface area contributed by atoms with Crippen molar-refractivity contribution in [3.8, 4) is 37.8 Å². The molecule has 0 amide bonds. The predicted molar refractivity (Wildman–Crippen MR) is 122 cm³/mol. The molecule has 31 heavy (non-hydrogen) atoms. The Morgan fingerprint density at radius 2 is 1.00 bits per heavy atom. The van der Waals surface area contributed by atoms with Crippen LogP contribution in [0.15, 0.2) is 97.1 Å². The zero-order chi connectivity index (χ0) is 22.3. The number of ether oxygens (including phenoxy) is 1. The summed E-state index contributed by atoms with van der Waals surface area (Å²) in [5, 5.41) is 0. The summed E-state index contributed by atoms with van der Waals surface area (Å²) >= 11 is 1.81. The Labute approximate surface area is 182 Å². The smallest absolute Gasteiger partial charge is 0.497 e. The molecule has 0 aliphatic rings. The van der Waals surface area contributed by atoms with Crippen LogP contribution in [0.3, 0.4) is 0 Å². The Bertz CT molecular complexity index is 1040. The number of methoxy groups -OCH3 is 1. The van der Waals surface area contributed by atoms with E-state index in [2.05, 4.69) is 84.9 Å². The number of benzene rings is 3. The van der Waals surface area contributed by atoms with Crippen molar-refractivity contribution in [2.24, 2.45) is 0 Å². The molecule has 0 fully saturated rings. The summed E-state index contributed by atoms with van der Waals surface area (Å²) < 4.78 is 44.3. The second-order valence-electron chi connectivity index (χ2n) is 6.53. The lowest BCUT2D eigenvalue weighted by Crippen LogP contribution is -2.02. The highest BCUT2D eigenvalue weighted by Crippen LogP contribution is 2.37. The quantitative estimate of drug-likeness (QED) is 0.175. The molecule has 0 radical (unpaired) electrons. The first kappa shape index (κ1) is 22.5. The maximum absolute atomic E-state index is 9.75. The van der Waals surface area contributed by atoms with Crippen molar-refractivity contribution < 1.29 is 22.0 Å². The van der Waals surface area contributed by atoms with Crippen molar-refractivity contribution in [1.82, 2.24) is 0 Å². The van der Waals surface area contributed by atoms with Crippen LogP contribution in [0.5, 0.6) is 5.75 Å². The standard InChI is InChI=1S/C24H19OS.BF4/c1-25-22-14-12-20(13-15-22)24-17-21(18-8-4-2-5-9-18)16-23(26-24)19-10-6-3-7-11-19;2-1(3,4)5/h2-17H,1H3;/q+1;-1. The molecule has 4 rings (SSSR count). The third-order valence-electron chi connectivity index (χ3n) is 4.33.